The SMILES string of the molecule is C[C@H]1CCCC[C@H]1NC(=O)C1CCOCC1. The lowest BCUT2D eigenvalue weighted by atomic mass is 9.85. The molecule has 1 aliphatic carbocycles. The third-order valence-electron chi connectivity index (χ3n) is 4.03. The van der Waals surface area contributed by atoms with E-state index in [-0.39, 0.29) is 11.8 Å². The molecule has 2 fully saturated rings. The molecule has 3 nitrogen and oxygen atoms in total. The maximum Gasteiger partial charge on any atom is 0.223 e. The summed E-state index contributed by atoms with van der Waals surface area (Å²) < 4.78 is 5.28. The molecule has 1 heterocycles. The van der Waals surface area contributed by atoms with Crippen LogP contribution in [0.1, 0.15) is 45.4 Å². The molecule has 2 atom stereocenters. The van der Waals surface area contributed by atoms with Gasteiger partial charge in [-0.3, -0.25) is 4.79 Å². The van der Waals surface area contributed by atoms with Crippen molar-refractivity contribution in [3.63, 3.8) is 0 Å². The Bertz CT molecular complexity index is 236. The van der Waals surface area contributed by atoms with E-state index in [4.69, 9.17) is 4.74 Å². The normalized spacial score (nSPS) is 32.3. The van der Waals surface area contributed by atoms with Crippen LogP contribution in [0.25, 0.3) is 0 Å². The summed E-state index contributed by atoms with van der Waals surface area (Å²) in [7, 11) is 0. The average Bonchev–Trinajstić information content (AvgIpc) is 2.33. The molecule has 3 heteroatoms. The fourth-order valence-electron chi connectivity index (χ4n) is 2.79. The Balaban J connectivity index is 1.80. The molecule has 2 aliphatic rings. The van der Waals surface area contributed by atoms with Crippen LogP contribution in [0.2, 0.25) is 0 Å². The predicted octanol–water partition coefficient (Wildman–Crippen LogP) is 2.11. The predicted molar refractivity (Wildman–Crippen MR) is 63.1 cm³/mol. The molecule has 1 N–H and O–H groups in total. The lowest BCUT2D eigenvalue weighted by Crippen LogP contribution is -2.44. The van der Waals surface area contributed by atoms with Crippen LogP contribution < -0.4 is 5.32 Å². The van der Waals surface area contributed by atoms with Crippen LogP contribution in [0.5, 0.6) is 0 Å². The maximum absolute atomic E-state index is 12.0. The van der Waals surface area contributed by atoms with Crippen LogP contribution >= 0.6 is 0 Å². The zero-order chi connectivity index (χ0) is 11.4. The van der Waals surface area contributed by atoms with Gasteiger partial charge in [0, 0.05) is 25.2 Å². The molecule has 0 radical (unpaired) electrons. The smallest absolute Gasteiger partial charge is 0.223 e. The molecule has 0 aromatic heterocycles. The van der Waals surface area contributed by atoms with Crippen molar-refractivity contribution < 1.29 is 9.53 Å². The summed E-state index contributed by atoms with van der Waals surface area (Å²) in [5.41, 5.74) is 0. The highest BCUT2D eigenvalue weighted by Crippen LogP contribution is 2.24. The zero-order valence-electron chi connectivity index (χ0n) is 10.2. The summed E-state index contributed by atoms with van der Waals surface area (Å²) in [4.78, 5) is 12.0. The minimum absolute atomic E-state index is 0.197. The summed E-state index contributed by atoms with van der Waals surface area (Å²) in [5.74, 6) is 1.11. The Labute approximate surface area is 97.9 Å². The first-order chi connectivity index (χ1) is 7.77. The van der Waals surface area contributed by atoms with Crippen LogP contribution in [0, 0.1) is 11.8 Å². The van der Waals surface area contributed by atoms with Gasteiger partial charge in [-0.15, -0.1) is 0 Å². The Morgan fingerprint density at radius 1 is 1.12 bits per heavy atom. The van der Waals surface area contributed by atoms with Gasteiger partial charge in [-0.1, -0.05) is 19.8 Å². The average molecular weight is 225 g/mol. The van der Waals surface area contributed by atoms with Crippen molar-refractivity contribution >= 4 is 5.91 Å². The van der Waals surface area contributed by atoms with E-state index >= 15 is 0 Å². The summed E-state index contributed by atoms with van der Waals surface area (Å²) >= 11 is 0. The van der Waals surface area contributed by atoms with Crippen molar-refractivity contribution in [3.8, 4) is 0 Å². The van der Waals surface area contributed by atoms with E-state index in [1.165, 1.54) is 19.3 Å². The fraction of sp³-hybridized carbons (Fsp3) is 0.923. The van der Waals surface area contributed by atoms with E-state index in [2.05, 4.69) is 12.2 Å². The van der Waals surface area contributed by atoms with Crippen LogP contribution in [0.4, 0.5) is 0 Å². The van der Waals surface area contributed by atoms with Crippen molar-refractivity contribution in [2.24, 2.45) is 11.8 Å². The Morgan fingerprint density at radius 3 is 2.50 bits per heavy atom. The Kier molecular flexibility index (Phi) is 4.22. The summed E-state index contributed by atoms with van der Waals surface area (Å²) in [6.45, 7) is 3.75. The lowest BCUT2D eigenvalue weighted by Gasteiger charge is -2.31. The van der Waals surface area contributed by atoms with Crippen molar-refractivity contribution in [1.29, 1.82) is 0 Å². The minimum Gasteiger partial charge on any atom is -0.381 e. The molecule has 1 saturated carbocycles. The maximum atomic E-state index is 12.0. The van der Waals surface area contributed by atoms with Gasteiger partial charge in [-0.25, -0.2) is 0 Å². The van der Waals surface area contributed by atoms with Crippen molar-refractivity contribution in [3.05, 3.63) is 0 Å². The molecule has 1 aliphatic heterocycles. The van der Waals surface area contributed by atoms with Crippen LogP contribution in [-0.2, 0) is 9.53 Å². The van der Waals surface area contributed by atoms with Gasteiger partial charge in [0.25, 0.3) is 0 Å². The second-order valence-corrected chi connectivity index (χ2v) is 5.26. The van der Waals surface area contributed by atoms with Crippen LogP contribution in [0.15, 0.2) is 0 Å². The van der Waals surface area contributed by atoms with Crippen LogP contribution in [0.3, 0.4) is 0 Å². The number of rotatable bonds is 2. The summed E-state index contributed by atoms with van der Waals surface area (Å²) in [6, 6.07) is 0.420. The molecule has 1 amide bonds. The number of ether oxygens (including phenoxy) is 1. The van der Waals surface area contributed by atoms with Gasteiger partial charge in [-0.2, -0.15) is 0 Å². The first kappa shape index (κ1) is 11.9. The fourth-order valence-corrected chi connectivity index (χ4v) is 2.79. The molecule has 16 heavy (non-hydrogen) atoms. The van der Waals surface area contributed by atoms with E-state index in [0.29, 0.717) is 12.0 Å². The van der Waals surface area contributed by atoms with Gasteiger partial charge < -0.3 is 10.1 Å². The van der Waals surface area contributed by atoms with Crippen molar-refractivity contribution in [2.45, 2.75) is 51.5 Å². The zero-order valence-corrected chi connectivity index (χ0v) is 10.2. The standard InChI is InChI=1S/C13H23NO2/c1-10-4-2-3-5-12(10)14-13(15)11-6-8-16-9-7-11/h10-12H,2-9H2,1H3,(H,14,15)/t10-,12+/m0/s1. The highest BCUT2D eigenvalue weighted by Gasteiger charge is 2.27. The highest BCUT2D eigenvalue weighted by atomic mass is 16.5. The summed E-state index contributed by atoms with van der Waals surface area (Å²) in [5, 5.41) is 3.24. The number of hydrogen-bond acceptors (Lipinski definition) is 2. The van der Waals surface area contributed by atoms with Crippen LogP contribution in [-0.4, -0.2) is 25.2 Å². The van der Waals surface area contributed by atoms with E-state index in [0.717, 1.165) is 32.5 Å². The van der Waals surface area contributed by atoms with E-state index in [1.54, 1.807) is 0 Å². The monoisotopic (exact) mass is 225 g/mol. The number of carbonyl (C=O) groups is 1. The van der Waals surface area contributed by atoms with Gasteiger partial charge in [0.05, 0.1) is 0 Å². The lowest BCUT2D eigenvalue weighted by molar-refractivity contribution is -0.129. The number of hydrogen-bond donors (Lipinski definition) is 1. The molecule has 0 unspecified atom stereocenters. The van der Waals surface area contributed by atoms with E-state index in [9.17, 15) is 4.79 Å². The van der Waals surface area contributed by atoms with Crippen molar-refractivity contribution in [2.75, 3.05) is 13.2 Å². The molecular formula is C13H23NO2. The molecule has 0 spiro atoms. The third kappa shape index (κ3) is 2.97. The first-order valence-electron chi connectivity index (χ1n) is 6.65. The molecular weight excluding hydrogens is 202 g/mol. The summed E-state index contributed by atoms with van der Waals surface area (Å²) in [6.07, 6.45) is 6.81. The van der Waals surface area contributed by atoms with Gasteiger partial charge in [0.15, 0.2) is 0 Å². The van der Waals surface area contributed by atoms with E-state index in [1.807, 2.05) is 0 Å². The molecule has 1 saturated heterocycles. The quantitative estimate of drug-likeness (QED) is 0.781. The number of nitrogens with one attached hydrogen (secondary N) is 1. The second kappa shape index (κ2) is 5.67. The molecule has 0 bridgehead atoms. The van der Waals surface area contributed by atoms with Gasteiger partial charge in [0.1, 0.15) is 0 Å². The molecule has 92 valence electrons. The molecule has 0 aromatic rings. The molecule has 0 aromatic carbocycles. The highest BCUT2D eigenvalue weighted by molar-refractivity contribution is 5.79. The Morgan fingerprint density at radius 2 is 1.81 bits per heavy atom. The van der Waals surface area contributed by atoms with Gasteiger partial charge in [0.2, 0.25) is 5.91 Å². The van der Waals surface area contributed by atoms with Gasteiger partial charge in [-0.05, 0) is 31.6 Å². The number of carbonyl (C=O) groups excluding carboxylic acids is 1. The number of amides is 1. The largest absolute Gasteiger partial charge is 0.381 e. The van der Waals surface area contributed by atoms with Gasteiger partial charge >= 0.3 is 0 Å². The van der Waals surface area contributed by atoms with Crippen molar-refractivity contribution in [1.82, 2.24) is 5.32 Å². The Hall–Kier alpha value is -0.570. The second-order valence-electron chi connectivity index (χ2n) is 5.26. The topological polar surface area (TPSA) is 38.3 Å². The third-order valence-corrected chi connectivity index (χ3v) is 4.03. The molecule has 2 rings (SSSR count). The first-order valence-corrected chi connectivity index (χ1v) is 6.65. The minimum atomic E-state index is 0.197. The van der Waals surface area contributed by atoms with E-state index < -0.39 is 0 Å².